The molecule has 2 aromatic rings. The molecule has 2 aromatic carbocycles. The highest BCUT2D eigenvalue weighted by molar-refractivity contribution is 5.73. The average Bonchev–Trinajstić information content (AvgIpc) is 2.60. The predicted molar refractivity (Wildman–Crippen MR) is 90.2 cm³/mol. The maximum Gasteiger partial charge on any atom is 0.346 e. The molecule has 0 aliphatic carbocycles. The highest BCUT2D eigenvalue weighted by Gasteiger charge is 2.21. The van der Waals surface area contributed by atoms with Gasteiger partial charge in [-0.15, -0.1) is 0 Å². The summed E-state index contributed by atoms with van der Waals surface area (Å²) in [6, 6.07) is 14.2. The molecule has 0 aromatic heterocycles. The zero-order valence-electron chi connectivity index (χ0n) is 13.0. The molecule has 0 spiro atoms. The Labute approximate surface area is 142 Å². The number of carbonyl (C=O) groups is 1. The van der Waals surface area contributed by atoms with E-state index in [1.807, 2.05) is 30.3 Å². The molecule has 10 nitrogen and oxygen atoms in total. The van der Waals surface area contributed by atoms with Gasteiger partial charge in [-0.05, 0) is 12.1 Å². The molecule has 0 saturated carbocycles. The largest absolute Gasteiger partial charge is 0.480 e. The third-order valence-corrected chi connectivity index (χ3v) is 2.94. The zero-order chi connectivity index (χ0) is 18.8. The van der Waals surface area contributed by atoms with E-state index in [1.165, 1.54) is 12.1 Å². The van der Waals surface area contributed by atoms with Crippen molar-refractivity contribution in [2.24, 2.45) is 5.73 Å². The molecule has 10 heteroatoms. The van der Waals surface area contributed by atoms with Crippen LogP contribution in [-0.4, -0.2) is 34.1 Å². The lowest BCUT2D eigenvalue weighted by Gasteiger charge is -2.19. The van der Waals surface area contributed by atoms with Crippen molar-refractivity contribution in [3.05, 3.63) is 74.8 Å². The number of nitrogens with zero attached hydrogens (tertiary/aromatic N) is 3. The summed E-state index contributed by atoms with van der Waals surface area (Å²) in [5.74, 6) is -0.880. The second-order valence-corrected chi connectivity index (χ2v) is 4.61. The van der Waals surface area contributed by atoms with Gasteiger partial charge in [-0.3, -0.25) is 25.0 Å². The van der Waals surface area contributed by atoms with Crippen molar-refractivity contribution in [1.82, 2.24) is 0 Å². The summed E-state index contributed by atoms with van der Waals surface area (Å²) < 4.78 is 0. The molecular weight excluding hydrogens is 332 g/mol. The normalized spacial score (nSPS) is 9.48. The summed E-state index contributed by atoms with van der Waals surface area (Å²) in [5, 5.41) is 29.0. The van der Waals surface area contributed by atoms with Gasteiger partial charge < -0.3 is 15.7 Å². The van der Waals surface area contributed by atoms with Crippen molar-refractivity contribution in [3.63, 3.8) is 0 Å². The molecule has 3 N–H and O–H groups in total. The Morgan fingerprint density at radius 1 is 0.960 bits per heavy atom. The number of hydrogen-bond acceptors (Lipinski definition) is 7. The summed E-state index contributed by atoms with van der Waals surface area (Å²) in [5.41, 5.74) is 5.27. The van der Waals surface area contributed by atoms with Crippen molar-refractivity contribution in [3.8, 4) is 0 Å². The Balaban J connectivity index is 0.000000251. The number of para-hydroxylation sites is 3. The van der Waals surface area contributed by atoms with Gasteiger partial charge in [-0.2, -0.15) is 0 Å². The fourth-order valence-electron chi connectivity index (χ4n) is 1.84. The third kappa shape index (κ3) is 6.23. The van der Waals surface area contributed by atoms with Crippen LogP contribution >= 0.6 is 0 Å². The zero-order valence-corrected chi connectivity index (χ0v) is 13.0. The minimum atomic E-state index is -0.880. The van der Waals surface area contributed by atoms with Crippen LogP contribution in [-0.2, 0) is 4.79 Å². The van der Waals surface area contributed by atoms with E-state index in [2.05, 4.69) is 0 Å². The van der Waals surface area contributed by atoms with E-state index in [0.29, 0.717) is 0 Å². The van der Waals surface area contributed by atoms with Crippen LogP contribution in [0.3, 0.4) is 0 Å². The SMILES string of the molecule is NCN(CC(=O)O)c1ccccc1.O=[N+]([O-])c1ccccc1[N+](=O)[O-]. The highest BCUT2D eigenvalue weighted by atomic mass is 16.6. The Morgan fingerprint density at radius 2 is 1.40 bits per heavy atom. The van der Waals surface area contributed by atoms with E-state index in [4.69, 9.17) is 10.8 Å². The Kier molecular flexibility index (Phi) is 7.47. The van der Waals surface area contributed by atoms with Crippen LogP contribution in [0, 0.1) is 20.2 Å². The lowest BCUT2D eigenvalue weighted by atomic mass is 10.3. The van der Waals surface area contributed by atoms with E-state index in [9.17, 15) is 25.0 Å². The minimum absolute atomic E-state index is 0.0689. The molecule has 132 valence electrons. The summed E-state index contributed by atoms with van der Waals surface area (Å²) in [6.45, 7) is 0.136. The van der Waals surface area contributed by atoms with Gasteiger partial charge in [-0.1, -0.05) is 30.3 Å². The molecule has 0 heterocycles. The standard InChI is InChI=1S/C9H12N2O2.C6H4N2O4/c10-7-11(6-9(12)13)8-4-2-1-3-5-8;9-7(10)5-3-1-2-4-6(5)8(11)12/h1-5H,6-7,10H2,(H,12,13);1-4H. The van der Waals surface area contributed by atoms with Gasteiger partial charge in [0.2, 0.25) is 0 Å². The number of nitro benzene ring substituents is 2. The number of rotatable bonds is 6. The molecule has 0 saturated heterocycles. The van der Waals surface area contributed by atoms with Crippen LogP contribution in [0.2, 0.25) is 0 Å². The van der Waals surface area contributed by atoms with Gasteiger partial charge in [0.1, 0.15) is 6.54 Å². The number of carboxylic acid groups (broad SMARTS) is 1. The second-order valence-electron chi connectivity index (χ2n) is 4.61. The molecular formula is C15H16N4O6. The molecule has 0 aliphatic heterocycles. The van der Waals surface area contributed by atoms with Gasteiger partial charge in [0.15, 0.2) is 0 Å². The number of carboxylic acids is 1. The highest BCUT2D eigenvalue weighted by Crippen LogP contribution is 2.24. The Hall–Kier alpha value is -3.53. The quantitative estimate of drug-likeness (QED) is 0.456. The first-order valence-corrected chi connectivity index (χ1v) is 6.96. The molecule has 0 amide bonds. The number of anilines is 1. The molecule has 25 heavy (non-hydrogen) atoms. The monoisotopic (exact) mass is 348 g/mol. The maximum atomic E-state index is 10.4. The van der Waals surface area contributed by atoms with Gasteiger partial charge >= 0.3 is 17.3 Å². The Morgan fingerprint density at radius 3 is 1.76 bits per heavy atom. The molecule has 0 radical (unpaired) electrons. The average molecular weight is 348 g/mol. The smallest absolute Gasteiger partial charge is 0.346 e. The predicted octanol–water partition coefficient (Wildman–Crippen LogP) is 2.00. The number of nitro groups is 2. The van der Waals surface area contributed by atoms with E-state index in [1.54, 1.807) is 4.90 Å². The van der Waals surface area contributed by atoms with Gasteiger partial charge in [-0.25, -0.2) is 0 Å². The van der Waals surface area contributed by atoms with E-state index < -0.39 is 27.2 Å². The van der Waals surface area contributed by atoms with Gasteiger partial charge in [0.25, 0.3) is 0 Å². The number of benzene rings is 2. The molecule has 2 rings (SSSR count). The fourth-order valence-corrected chi connectivity index (χ4v) is 1.84. The fraction of sp³-hybridized carbons (Fsp3) is 0.133. The summed E-state index contributed by atoms with van der Waals surface area (Å²) >= 11 is 0. The number of nitrogens with two attached hydrogens (primary N) is 1. The van der Waals surface area contributed by atoms with Crippen molar-refractivity contribution in [2.75, 3.05) is 18.1 Å². The van der Waals surface area contributed by atoms with Crippen molar-refractivity contribution in [1.29, 1.82) is 0 Å². The van der Waals surface area contributed by atoms with Crippen LogP contribution in [0.25, 0.3) is 0 Å². The van der Waals surface area contributed by atoms with E-state index in [0.717, 1.165) is 17.8 Å². The van der Waals surface area contributed by atoms with E-state index in [-0.39, 0.29) is 13.2 Å². The summed E-state index contributed by atoms with van der Waals surface area (Å²) in [4.78, 5) is 30.9. The van der Waals surface area contributed by atoms with Crippen molar-refractivity contribution in [2.45, 2.75) is 0 Å². The lowest BCUT2D eigenvalue weighted by molar-refractivity contribution is -0.422. The first kappa shape index (κ1) is 19.5. The molecule has 0 aliphatic rings. The maximum absolute atomic E-state index is 10.4. The molecule has 0 bridgehead atoms. The van der Waals surface area contributed by atoms with Crippen LogP contribution < -0.4 is 10.6 Å². The van der Waals surface area contributed by atoms with Crippen molar-refractivity contribution >= 4 is 23.0 Å². The first-order chi connectivity index (χ1) is 11.9. The Bertz CT molecular complexity index is 705. The number of aliphatic carboxylic acids is 1. The summed E-state index contributed by atoms with van der Waals surface area (Å²) in [6.07, 6.45) is 0. The first-order valence-electron chi connectivity index (χ1n) is 6.96. The van der Waals surface area contributed by atoms with Gasteiger partial charge in [0.05, 0.1) is 16.5 Å². The second kappa shape index (κ2) is 9.57. The van der Waals surface area contributed by atoms with Crippen molar-refractivity contribution < 1.29 is 19.7 Å². The van der Waals surface area contributed by atoms with Crippen LogP contribution in [0.5, 0.6) is 0 Å². The van der Waals surface area contributed by atoms with Crippen LogP contribution in [0.15, 0.2) is 54.6 Å². The molecule has 0 unspecified atom stereocenters. The topological polar surface area (TPSA) is 153 Å². The third-order valence-electron chi connectivity index (χ3n) is 2.94. The van der Waals surface area contributed by atoms with Gasteiger partial charge in [0, 0.05) is 17.8 Å². The number of hydrogen-bond donors (Lipinski definition) is 2. The van der Waals surface area contributed by atoms with Crippen LogP contribution in [0.1, 0.15) is 0 Å². The molecule has 0 atom stereocenters. The molecule has 0 fully saturated rings. The lowest BCUT2D eigenvalue weighted by Crippen LogP contribution is -2.34. The summed E-state index contributed by atoms with van der Waals surface area (Å²) in [7, 11) is 0. The minimum Gasteiger partial charge on any atom is -0.480 e. The van der Waals surface area contributed by atoms with E-state index >= 15 is 0 Å². The van der Waals surface area contributed by atoms with Crippen LogP contribution in [0.4, 0.5) is 17.1 Å².